The first-order chi connectivity index (χ1) is 6.93. The maximum absolute atomic E-state index is 8.56. The summed E-state index contributed by atoms with van der Waals surface area (Å²) in [5, 5.41) is 63.9. The van der Waals surface area contributed by atoms with Crippen molar-refractivity contribution >= 4 is 24.6 Å². The zero-order valence-electron chi connectivity index (χ0n) is 7.98. The summed E-state index contributed by atoms with van der Waals surface area (Å²) >= 11 is 0. The Hall–Kier alpha value is -0.167. The molecule has 0 aromatic rings. The average Bonchev–Trinajstić information content (AvgIpc) is 1.76. The van der Waals surface area contributed by atoms with E-state index in [1.165, 1.54) is 0 Å². The molecule has 0 aliphatic rings. The van der Waals surface area contributed by atoms with Crippen molar-refractivity contribution in [3.05, 3.63) is 0 Å². The minimum atomic E-state index is -2.33. The van der Waals surface area contributed by atoms with Gasteiger partial charge in [-0.2, -0.15) is 0 Å². The van der Waals surface area contributed by atoms with Crippen molar-refractivity contribution < 1.29 is 144 Å². The third-order valence-corrected chi connectivity index (χ3v) is 0. The number of rotatable bonds is 0. The van der Waals surface area contributed by atoms with Crippen molar-refractivity contribution in [2.75, 3.05) is 0 Å². The number of hydrogen-bond donors (Lipinski definition) is 2. The molecule has 0 bridgehead atoms. The zero-order valence-corrected chi connectivity index (χ0v) is 14.3. The second-order valence-electron chi connectivity index (χ2n) is 1.03. The van der Waals surface area contributed by atoms with E-state index in [2.05, 4.69) is 0 Å². The van der Waals surface area contributed by atoms with Crippen molar-refractivity contribution in [2.45, 2.75) is 0 Å². The van der Waals surface area contributed by atoms with E-state index in [0.29, 0.717) is 0 Å². The Morgan fingerprint density at radius 3 is 0.556 bits per heavy atom. The molecule has 0 saturated heterocycles. The standard InChI is InChI=1S/4CH2O3.2Ce/c4*2-1(3)4;;/h4*(H2,2,3,4);;/q;;;;2*+3/p-6. The predicted octanol–water partition coefficient (Wildman–Crippen LogP) is -7.12. The van der Waals surface area contributed by atoms with Crippen molar-refractivity contribution in [3.63, 3.8) is 0 Å². The molecule has 0 amide bonds. The van der Waals surface area contributed by atoms with Gasteiger partial charge in [0.2, 0.25) is 0 Å². The zero-order chi connectivity index (χ0) is 14.3. The third-order valence-electron chi connectivity index (χ3n) is 0. The van der Waals surface area contributed by atoms with Crippen molar-refractivity contribution in [1.29, 1.82) is 0 Å². The Bertz CT molecular complexity index is 162. The predicted molar refractivity (Wildman–Crippen MR) is 26.8 cm³/mol. The molecule has 0 heterocycles. The van der Waals surface area contributed by atoms with Crippen LogP contribution in [-0.2, 0) is 0 Å². The molecular formula is C4H2Ce2O12. The fraction of sp³-hybridized carbons (Fsp3) is 0. The second-order valence-corrected chi connectivity index (χ2v) is 1.03. The van der Waals surface area contributed by atoms with Gasteiger partial charge in [-0.05, 0) is 18.5 Å². The largest absolute Gasteiger partial charge is 3.00 e. The van der Waals surface area contributed by atoms with Gasteiger partial charge in [0.05, 0.1) is 0 Å². The fourth-order valence-electron chi connectivity index (χ4n) is 0. The Labute approximate surface area is 166 Å². The first-order valence-electron chi connectivity index (χ1n) is 2.49. The van der Waals surface area contributed by atoms with Gasteiger partial charge in [0, 0.05) is 0 Å². The van der Waals surface area contributed by atoms with Gasteiger partial charge < -0.3 is 55.2 Å². The summed E-state index contributed by atoms with van der Waals surface area (Å²) in [7, 11) is 0. The van der Waals surface area contributed by atoms with Crippen LogP contribution >= 0.6 is 0 Å². The van der Waals surface area contributed by atoms with Gasteiger partial charge >= 0.3 is 89.6 Å². The first-order valence-corrected chi connectivity index (χ1v) is 2.49. The van der Waals surface area contributed by atoms with Crippen LogP contribution in [0.3, 0.4) is 0 Å². The molecule has 14 heteroatoms. The summed E-state index contributed by atoms with van der Waals surface area (Å²) in [6.07, 6.45) is -8.83. The summed E-state index contributed by atoms with van der Waals surface area (Å²) in [6.45, 7) is 0. The van der Waals surface area contributed by atoms with Crippen molar-refractivity contribution in [1.82, 2.24) is 0 Å². The fourth-order valence-corrected chi connectivity index (χ4v) is 0. The van der Waals surface area contributed by atoms with Gasteiger partial charge in [0.25, 0.3) is 0 Å². The number of hydrogen-bond acceptors (Lipinski definition) is 10. The van der Waals surface area contributed by atoms with Gasteiger partial charge in [0.1, 0.15) is 0 Å². The molecule has 18 heavy (non-hydrogen) atoms. The minimum Gasteiger partial charge on any atom is -0.652 e. The molecule has 0 unspecified atom stereocenters. The van der Waals surface area contributed by atoms with Gasteiger partial charge in [-0.25, -0.2) is 4.79 Å². The third kappa shape index (κ3) is 125000. The SMILES string of the molecule is O=C(O)O.O=C([O-])[O-].O=C([O-])[O-].O=C([O-])[O-].[Ce+3].[Ce+3]. The van der Waals surface area contributed by atoms with Gasteiger partial charge in [-0.3, -0.25) is 0 Å². The van der Waals surface area contributed by atoms with Crippen LogP contribution < -0.4 is 30.6 Å². The van der Waals surface area contributed by atoms with E-state index < -0.39 is 24.6 Å². The summed E-state index contributed by atoms with van der Waals surface area (Å²) in [4.78, 5) is 33.6. The smallest absolute Gasteiger partial charge is 0.652 e. The van der Waals surface area contributed by atoms with E-state index in [-0.39, 0.29) is 83.5 Å². The van der Waals surface area contributed by atoms with E-state index >= 15 is 0 Å². The number of carbonyl (C=O) groups excluding carboxylic acids is 3. The van der Waals surface area contributed by atoms with E-state index in [9.17, 15) is 0 Å². The molecule has 2 N–H and O–H groups in total. The minimum absolute atomic E-state index is 0. The Balaban J connectivity index is -0.0000000257. The molecule has 0 aliphatic heterocycles. The van der Waals surface area contributed by atoms with Crippen molar-refractivity contribution in [3.8, 4) is 0 Å². The summed E-state index contributed by atoms with van der Waals surface area (Å²) in [5.41, 5.74) is 0. The maximum Gasteiger partial charge on any atom is 3.00 e. The molecule has 98 valence electrons. The van der Waals surface area contributed by atoms with E-state index in [1.807, 2.05) is 0 Å². The quantitative estimate of drug-likeness (QED) is 0.301. The van der Waals surface area contributed by atoms with Crippen LogP contribution in [0.4, 0.5) is 19.2 Å². The summed E-state index contributed by atoms with van der Waals surface area (Å²) in [5.74, 6) is 0. The Kier molecular flexibility index (Phi) is 60.4. The van der Waals surface area contributed by atoms with E-state index in [1.54, 1.807) is 0 Å². The topological polar surface area (TPSA) is 247 Å². The molecule has 0 rings (SSSR count). The molecule has 2 radical (unpaired) electrons. The molecule has 0 aromatic heterocycles. The van der Waals surface area contributed by atoms with Gasteiger partial charge in [-0.15, -0.1) is 0 Å². The Morgan fingerprint density at radius 2 is 0.556 bits per heavy atom. The van der Waals surface area contributed by atoms with Crippen LogP contribution in [0.2, 0.25) is 0 Å². The first kappa shape index (κ1) is 36.1. The monoisotopic (exact) mass is 522 g/mol. The van der Waals surface area contributed by atoms with Crippen LogP contribution in [0.15, 0.2) is 0 Å². The number of carbonyl (C=O) groups is 4. The summed E-state index contributed by atoms with van der Waals surface area (Å²) in [6, 6.07) is 0. The van der Waals surface area contributed by atoms with E-state index in [4.69, 9.17) is 60.0 Å². The van der Waals surface area contributed by atoms with Crippen LogP contribution in [0, 0.1) is 83.5 Å². The molecular weight excluding hydrogens is 520 g/mol. The van der Waals surface area contributed by atoms with E-state index in [0.717, 1.165) is 0 Å². The maximum atomic E-state index is 8.56. The number of carboxylic acid groups (broad SMARTS) is 8. The Morgan fingerprint density at radius 1 is 0.556 bits per heavy atom. The molecule has 0 aromatic carbocycles. The molecule has 0 aliphatic carbocycles. The van der Waals surface area contributed by atoms with Crippen LogP contribution in [-0.4, -0.2) is 34.8 Å². The molecule has 12 nitrogen and oxygen atoms in total. The summed E-state index contributed by atoms with van der Waals surface area (Å²) < 4.78 is 0. The van der Waals surface area contributed by atoms with Crippen LogP contribution in [0.5, 0.6) is 0 Å². The normalized spacial score (nSPS) is 5.33. The van der Waals surface area contributed by atoms with Crippen LogP contribution in [0.25, 0.3) is 0 Å². The second kappa shape index (κ2) is 30.1. The molecule has 0 spiro atoms. The van der Waals surface area contributed by atoms with Crippen molar-refractivity contribution in [2.24, 2.45) is 0 Å². The molecule has 0 atom stereocenters. The van der Waals surface area contributed by atoms with Gasteiger partial charge in [0.15, 0.2) is 0 Å². The molecule has 0 fully saturated rings. The van der Waals surface area contributed by atoms with Crippen LogP contribution in [0.1, 0.15) is 0 Å². The average molecular weight is 522 g/mol. The van der Waals surface area contributed by atoms with Gasteiger partial charge in [-0.1, -0.05) is 0 Å². The molecule has 0 saturated carbocycles.